The minimum absolute atomic E-state index is 0.0283. The topological polar surface area (TPSA) is 94.3 Å². The molecule has 4 aromatic rings. The zero-order valence-electron chi connectivity index (χ0n) is 18.6. The molecule has 0 fully saturated rings. The number of hydrogen-bond donors (Lipinski definition) is 1. The van der Waals surface area contributed by atoms with Crippen LogP contribution in [0.1, 0.15) is 12.5 Å². The molecule has 0 aliphatic heterocycles. The second kappa shape index (κ2) is 11.7. The van der Waals surface area contributed by atoms with Crippen molar-refractivity contribution in [3.8, 4) is 22.8 Å². The summed E-state index contributed by atoms with van der Waals surface area (Å²) in [6, 6.07) is 15.7. The average Bonchev–Trinajstić information content (AvgIpc) is 3.30. The Bertz CT molecular complexity index is 1330. The van der Waals surface area contributed by atoms with E-state index in [4.69, 9.17) is 4.74 Å². The van der Waals surface area contributed by atoms with Crippen LogP contribution < -0.4 is 10.2 Å². The minimum atomic E-state index is -0.438. The summed E-state index contributed by atoms with van der Waals surface area (Å²) in [5, 5.41) is 13.0. The number of rotatable bonds is 9. The van der Waals surface area contributed by atoms with Gasteiger partial charge in [0.15, 0.2) is 11.0 Å². The third-order valence-electron chi connectivity index (χ3n) is 4.64. The van der Waals surface area contributed by atoms with E-state index in [1.807, 2.05) is 47.9 Å². The van der Waals surface area contributed by atoms with Crippen molar-refractivity contribution in [1.29, 1.82) is 0 Å². The number of halogens is 2. The van der Waals surface area contributed by atoms with Crippen LogP contribution in [0.3, 0.4) is 0 Å². The number of nitrogens with zero attached hydrogens (tertiary/aromatic N) is 5. The molecular formula is C24H20BrFN6O2S. The van der Waals surface area contributed by atoms with Crippen molar-refractivity contribution in [1.82, 2.24) is 25.2 Å². The van der Waals surface area contributed by atoms with Gasteiger partial charge in [0.25, 0.3) is 5.91 Å². The minimum Gasteiger partial charge on any atom is -0.494 e. The summed E-state index contributed by atoms with van der Waals surface area (Å²) in [4.78, 5) is 16.5. The van der Waals surface area contributed by atoms with Gasteiger partial charge < -0.3 is 4.74 Å². The predicted octanol–water partition coefficient (Wildman–Crippen LogP) is 4.87. The molecule has 0 aliphatic rings. The van der Waals surface area contributed by atoms with Crippen LogP contribution in [-0.4, -0.2) is 44.2 Å². The number of ether oxygens (including phenoxy) is 1. The SMILES string of the molecule is CCOc1ccc(-n2c(SCC(=O)N/N=C/c3cc(Br)ccc3F)nnc2-c2cccnc2)cc1. The lowest BCUT2D eigenvalue weighted by molar-refractivity contribution is -0.118. The summed E-state index contributed by atoms with van der Waals surface area (Å²) >= 11 is 4.48. The zero-order valence-corrected chi connectivity index (χ0v) is 21.0. The molecule has 0 bridgehead atoms. The fraction of sp³-hybridized carbons (Fsp3) is 0.125. The first-order valence-electron chi connectivity index (χ1n) is 10.5. The Morgan fingerprint density at radius 1 is 1.23 bits per heavy atom. The van der Waals surface area contributed by atoms with Crippen LogP contribution in [0, 0.1) is 5.82 Å². The van der Waals surface area contributed by atoms with Gasteiger partial charge in [-0.15, -0.1) is 10.2 Å². The Kier molecular flexibility index (Phi) is 8.22. The summed E-state index contributed by atoms with van der Waals surface area (Å²) < 4.78 is 21.9. The molecule has 178 valence electrons. The third kappa shape index (κ3) is 6.31. The number of nitrogens with one attached hydrogen (secondary N) is 1. The van der Waals surface area contributed by atoms with Gasteiger partial charge in [-0.2, -0.15) is 5.10 Å². The molecule has 4 rings (SSSR count). The fourth-order valence-electron chi connectivity index (χ4n) is 3.09. The van der Waals surface area contributed by atoms with Crippen LogP contribution >= 0.6 is 27.7 Å². The van der Waals surface area contributed by atoms with Crippen LogP contribution in [0.25, 0.3) is 17.1 Å². The Morgan fingerprint density at radius 3 is 2.80 bits per heavy atom. The quantitative estimate of drug-likeness (QED) is 0.180. The normalized spacial score (nSPS) is 11.1. The molecule has 0 unspecified atom stereocenters. The molecule has 35 heavy (non-hydrogen) atoms. The van der Waals surface area contributed by atoms with Crippen molar-refractivity contribution in [2.75, 3.05) is 12.4 Å². The first-order valence-corrected chi connectivity index (χ1v) is 12.3. The molecule has 1 amide bonds. The van der Waals surface area contributed by atoms with Crippen LogP contribution in [0.15, 0.2) is 81.7 Å². The highest BCUT2D eigenvalue weighted by atomic mass is 79.9. The number of thioether (sulfide) groups is 1. The maximum absolute atomic E-state index is 13.8. The van der Waals surface area contributed by atoms with Gasteiger partial charge in [0, 0.05) is 33.7 Å². The van der Waals surface area contributed by atoms with Gasteiger partial charge in [0.2, 0.25) is 0 Å². The van der Waals surface area contributed by atoms with Crippen molar-refractivity contribution < 1.29 is 13.9 Å². The number of amides is 1. The van der Waals surface area contributed by atoms with Gasteiger partial charge in [-0.1, -0.05) is 27.7 Å². The maximum atomic E-state index is 13.8. The second-order valence-corrected chi connectivity index (χ2v) is 8.92. The lowest BCUT2D eigenvalue weighted by atomic mass is 10.2. The van der Waals surface area contributed by atoms with E-state index in [1.165, 1.54) is 24.0 Å². The molecule has 0 saturated carbocycles. The van der Waals surface area contributed by atoms with Crippen molar-refractivity contribution in [3.63, 3.8) is 0 Å². The molecule has 0 aliphatic carbocycles. The average molecular weight is 555 g/mol. The first kappa shape index (κ1) is 24.6. The highest BCUT2D eigenvalue weighted by Gasteiger charge is 2.17. The highest BCUT2D eigenvalue weighted by Crippen LogP contribution is 2.28. The Morgan fingerprint density at radius 2 is 2.06 bits per heavy atom. The largest absolute Gasteiger partial charge is 0.494 e. The number of hydrogen-bond acceptors (Lipinski definition) is 7. The number of carbonyl (C=O) groups is 1. The van der Waals surface area contributed by atoms with Crippen molar-refractivity contribution in [2.24, 2.45) is 5.10 Å². The van der Waals surface area contributed by atoms with Gasteiger partial charge >= 0.3 is 0 Å². The number of pyridine rings is 1. The first-order chi connectivity index (χ1) is 17.0. The van der Waals surface area contributed by atoms with E-state index in [-0.39, 0.29) is 17.2 Å². The van der Waals surface area contributed by atoms with Gasteiger partial charge in [0.05, 0.1) is 18.6 Å². The van der Waals surface area contributed by atoms with Gasteiger partial charge in [-0.05, 0) is 61.5 Å². The van der Waals surface area contributed by atoms with Crippen molar-refractivity contribution in [3.05, 3.63) is 82.8 Å². The van der Waals surface area contributed by atoms with Crippen molar-refractivity contribution >= 4 is 39.8 Å². The molecule has 0 saturated heterocycles. The Hall–Kier alpha value is -3.57. The summed E-state index contributed by atoms with van der Waals surface area (Å²) in [5.41, 5.74) is 4.26. The summed E-state index contributed by atoms with van der Waals surface area (Å²) in [5.74, 6) is 0.562. The molecule has 0 radical (unpaired) electrons. The molecule has 2 aromatic carbocycles. The van der Waals surface area contributed by atoms with Crippen LogP contribution in [-0.2, 0) is 4.79 Å². The van der Waals surface area contributed by atoms with Gasteiger partial charge in [0.1, 0.15) is 11.6 Å². The molecule has 8 nitrogen and oxygen atoms in total. The Balaban J connectivity index is 1.51. The van der Waals surface area contributed by atoms with Crippen LogP contribution in [0.4, 0.5) is 4.39 Å². The lowest BCUT2D eigenvalue weighted by Gasteiger charge is -2.11. The van der Waals surface area contributed by atoms with E-state index in [2.05, 4.69) is 41.6 Å². The molecule has 11 heteroatoms. The van der Waals surface area contributed by atoms with E-state index in [0.717, 1.165) is 17.0 Å². The number of carbonyl (C=O) groups excluding carboxylic acids is 1. The standard InChI is InChI=1S/C24H20BrFN6O2S/c1-2-34-20-8-6-19(7-9-20)32-23(16-4-3-11-27-13-16)30-31-24(32)35-15-22(33)29-28-14-17-12-18(25)5-10-21(17)26/h3-14H,2,15H2,1H3,(H,29,33)/b28-14+. The molecule has 1 N–H and O–H groups in total. The molecule has 2 aromatic heterocycles. The summed E-state index contributed by atoms with van der Waals surface area (Å²) in [6.45, 7) is 2.49. The van der Waals surface area contributed by atoms with Crippen LogP contribution in [0.2, 0.25) is 0 Å². The van der Waals surface area contributed by atoms with E-state index in [9.17, 15) is 9.18 Å². The molecule has 0 spiro atoms. The smallest absolute Gasteiger partial charge is 0.250 e. The van der Waals surface area contributed by atoms with E-state index in [1.54, 1.807) is 24.5 Å². The summed E-state index contributed by atoms with van der Waals surface area (Å²) in [7, 11) is 0. The fourth-order valence-corrected chi connectivity index (χ4v) is 4.21. The highest BCUT2D eigenvalue weighted by molar-refractivity contribution is 9.10. The van der Waals surface area contributed by atoms with E-state index >= 15 is 0 Å². The van der Waals surface area contributed by atoms with Gasteiger partial charge in [-0.3, -0.25) is 14.3 Å². The van der Waals surface area contributed by atoms with E-state index in [0.29, 0.717) is 22.1 Å². The number of aromatic nitrogens is 4. The zero-order chi connectivity index (χ0) is 24.6. The lowest BCUT2D eigenvalue weighted by Crippen LogP contribution is -2.20. The second-order valence-electron chi connectivity index (χ2n) is 7.06. The third-order valence-corrected chi connectivity index (χ3v) is 6.06. The number of hydrazone groups is 1. The van der Waals surface area contributed by atoms with E-state index < -0.39 is 5.82 Å². The van der Waals surface area contributed by atoms with Crippen molar-refractivity contribution in [2.45, 2.75) is 12.1 Å². The molecular weight excluding hydrogens is 535 g/mol. The summed E-state index contributed by atoms with van der Waals surface area (Å²) in [6.07, 6.45) is 4.64. The number of benzene rings is 2. The van der Waals surface area contributed by atoms with Gasteiger partial charge in [-0.25, -0.2) is 9.82 Å². The van der Waals surface area contributed by atoms with Crippen LogP contribution in [0.5, 0.6) is 5.75 Å². The monoisotopic (exact) mass is 554 g/mol. The maximum Gasteiger partial charge on any atom is 0.250 e. The Labute approximate surface area is 213 Å². The predicted molar refractivity (Wildman–Crippen MR) is 136 cm³/mol. The molecule has 2 heterocycles. The molecule has 0 atom stereocenters.